The van der Waals surface area contributed by atoms with Gasteiger partial charge < -0.3 is 15.0 Å². The molecule has 29 heavy (non-hydrogen) atoms. The van der Waals surface area contributed by atoms with E-state index in [9.17, 15) is 9.90 Å². The van der Waals surface area contributed by atoms with E-state index in [-0.39, 0.29) is 0 Å². The van der Waals surface area contributed by atoms with Crippen LogP contribution in [0.1, 0.15) is 56.8 Å². The predicted molar refractivity (Wildman–Crippen MR) is 118 cm³/mol. The molecule has 1 heterocycles. The van der Waals surface area contributed by atoms with Gasteiger partial charge in [-0.1, -0.05) is 67.1 Å². The zero-order chi connectivity index (χ0) is 21.0. The summed E-state index contributed by atoms with van der Waals surface area (Å²) in [5.74, 6) is -0.498. The van der Waals surface area contributed by atoms with Crippen molar-refractivity contribution < 1.29 is 9.90 Å². The minimum Gasteiger partial charge on any atom is -0.478 e. The van der Waals surface area contributed by atoms with Gasteiger partial charge in [-0.2, -0.15) is 0 Å². The third-order valence-corrected chi connectivity index (χ3v) is 5.67. The van der Waals surface area contributed by atoms with Crippen molar-refractivity contribution in [2.24, 2.45) is 0 Å². The third-order valence-electron chi connectivity index (χ3n) is 5.67. The fourth-order valence-corrected chi connectivity index (χ4v) is 3.99. The van der Waals surface area contributed by atoms with E-state index in [2.05, 4.69) is 54.1 Å². The van der Waals surface area contributed by atoms with Crippen molar-refractivity contribution in [1.29, 1.82) is 0 Å². The largest absolute Gasteiger partial charge is 0.478 e. The summed E-state index contributed by atoms with van der Waals surface area (Å²) >= 11 is 0. The van der Waals surface area contributed by atoms with E-state index in [1.807, 2.05) is 38.1 Å². The summed E-state index contributed by atoms with van der Waals surface area (Å²) in [7, 11) is 0. The van der Waals surface area contributed by atoms with Gasteiger partial charge in [-0.05, 0) is 37.8 Å². The summed E-state index contributed by atoms with van der Waals surface area (Å²) in [6.07, 6.45) is 0. The molecule has 0 aliphatic carbocycles. The normalized spacial score (nSPS) is 12.1. The van der Waals surface area contributed by atoms with Crippen LogP contribution < -0.4 is 5.32 Å². The number of hydrogen-bond acceptors (Lipinski definition) is 2. The average Bonchev–Trinajstić information content (AvgIpc) is 2.93. The molecule has 2 aromatic carbocycles. The maximum atomic E-state index is 12.0. The lowest BCUT2D eigenvalue weighted by molar-refractivity contribution is 0.0694. The molecule has 0 bridgehead atoms. The van der Waals surface area contributed by atoms with E-state index in [0.717, 1.165) is 23.5 Å². The van der Waals surface area contributed by atoms with Gasteiger partial charge in [0, 0.05) is 36.6 Å². The molecule has 0 saturated carbocycles. The Kier molecular flexibility index (Phi) is 6.55. The van der Waals surface area contributed by atoms with Crippen LogP contribution in [0, 0.1) is 20.8 Å². The molecule has 0 aliphatic rings. The molecule has 4 heteroatoms. The van der Waals surface area contributed by atoms with E-state index in [0.29, 0.717) is 24.6 Å². The van der Waals surface area contributed by atoms with Crippen molar-refractivity contribution in [2.75, 3.05) is 6.54 Å². The second-order valence-electron chi connectivity index (χ2n) is 7.85. The van der Waals surface area contributed by atoms with Gasteiger partial charge in [-0.25, -0.2) is 4.79 Å². The SMILES string of the molecule is Cc1cccc(Cn2c(C)c(CNC[C@H](C)c3ccccc3)c(C(=O)O)c2C)c1. The van der Waals surface area contributed by atoms with Gasteiger partial charge in [0.15, 0.2) is 0 Å². The van der Waals surface area contributed by atoms with Gasteiger partial charge >= 0.3 is 5.97 Å². The zero-order valence-electron chi connectivity index (χ0n) is 17.7. The number of nitrogens with one attached hydrogen (secondary N) is 1. The van der Waals surface area contributed by atoms with Gasteiger partial charge in [0.1, 0.15) is 0 Å². The lowest BCUT2D eigenvalue weighted by Crippen LogP contribution is -2.21. The van der Waals surface area contributed by atoms with Crippen molar-refractivity contribution >= 4 is 5.97 Å². The smallest absolute Gasteiger partial charge is 0.337 e. The number of nitrogens with zero attached hydrogens (tertiary/aromatic N) is 1. The molecule has 0 fully saturated rings. The molecule has 152 valence electrons. The fourth-order valence-electron chi connectivity index (χ4n) is 3.99. The molecule has 0 spiro atoms. The Morgan fingerprint density at radius 2 is 1.76 bits per heavy atom. The Bertz CT molecular complexity index is 990. The number of hydrogen-bond donors (Lipinski definition) is 2. The summed E-state index contributed by atoms with van der Waals surface area (Å²) < 4.78 is 2.12. The Labute approximate surface area is 173 Å². The monoisotopic (exact) mass is 390 g/mol. The van der Waals surface area contributed by atoms with E-state index >= 15 is 0 Å². The second kappa shape index (κ2) is 9.10. The third kappa shape index (κ3) is 4.77. The number of carboxylic acid groups (broad SMARTS) is 1. The highest BCUT2D eigenvalue weighted by Gasteiger charge is 2.22. The van der Waals surface area contributed by atoms with Gasteiger partial charge in [0.2, 0.25) is 0 Å². The van der Waals surface area contributed by atoms with Crippen molar-refractivity contribution in [3.63, 3.8) is 0 Å². The molecule has 0 aliphatic heterocycles. The Morgan fingerprint density at radius 3 is 2.41 bits per heavy atom. The van der Waals surface area contributed by atoms with Crippen LogP contribution in [0.2, 0.25) is 0 Å². The van der Waals surface area contributed by atoms with Gasteiger partial charge in [0.25, 0.3) is 0 Å². The first-order chi connectivity index (χ1) is 13.9. The molecule has 0 amide bonds. The number of carboxylic acids is 1. The zero-order valence-corrected chi connectivity index (χ0v) is 17.7. The first kappa shape index (κ1) is 20.9. The number of rotatable bonds is 8. The summed E-state index contributed by atoms with van der Waals surface area (Å²) in [4.78, 5) is 12.0. The van der Waals surface area contributed by atoms with Gasteiger partial charge in [-0.3, -0.25) is 0 Å². The van der Waals surface area contributed by atoms with Crippen LogP contribution in [-0.4, -0.2) is 22.2 Å². The summed E-state index contributed by atoms with van der Waals surface area (Å²) in [6.45, 7) is 10.2. The average molecular weight is 391 g/mol. The first-order valence-electron chi connectivity index (χ1n) is 10.1. The highest BCUT2D eigenvalue weighted by atomic mass is 16.4. The molecule has 2 N–H and O–H groups in total. The van der Waals surface area contributed by atoms with Crippen molar-refractivity contribution in [1.82, 2.24) is 9.88 Å². The van der Waals surface area contributed by atoms with Crippen LogP contribution in [0.3, 0.4) is 0 Å². The molecular formula is C25H30N2O2. The second-order valence-corrected chi connectivity index (χ2v) is 7.85. The van der Waals surface area contributed by atoms with E-state index in [1.54, 1.807) is 0 Å². The Balaban J connectivity index is 1.79. The predicted octanol–water partition coefficient (Wildman–Crippen LogP) is 5.05. The maximum absolute atomic E-state index is 12.0. The number of benzene rings is 2. The van der Waals surface area contributed by atoms with Crippen LogP contribution in [0.25, 0.3) is 0 Å². The number of aromatic carboxylic acids is 1. The minimum atomic E-state index is -0.860. The standard InChI is InChI=1S/C25H30N2O2/c1-17-9-8-10-21(13-17)16-27-19(3)23(24(20(27)4)25(28)29)15-26-14-18(2)22-11-6-5-7-12-22/h5-13,18,26H,14-16H2,1-4H3,(H,28,29)/t18-/m0/s1. The minimum absolute atomic E-state index is 0.361. The Morgan fingerprint density at radius 1 is 1.03 bits per heavy atom. The van der Waals surface area contributed by atoms with Gasteiger partial charge in [-0.15, -0.1) is 0 Å². The maximum Gasteiger partial charge on any atom is 0.337 e. The molecule has 1 aromatic heterocycles. The Hall–Kier alpha value is -2.85. The van der Waals surface area contributed by atoms with Crippen molar-refractivity contribution in [3.8, 4) is 0 Å². The number of aromatic nitrogens is 1. The van der Waals surface area contributed by atoms with E-state index < -0.39 is 5.97 Å². The lowest BCUT2D eigenvalue weighted by Gasteiger charge is -2.14. The topological polar surface area (TPSA) is 54.3 Å². The van der Waals surface area contributed by atoms with Crippen LogP contribution in [0.5, 0.6) is 0 Å². The van der Waals surface area contributed by atoms with Crippen molar-refractivity contribution in [3.05, 3.63) is 93.8 Å². The summed E-state index contributed by atoms with van der Waals surface area (Å²) in [5, 5.41) is 13.3. The van der Waals surface area contributed by atoms with Crippen LogP contribution in [0.4, 0.5) is 0 Å². The first-order valence-corrected chi connectivity index (χ1v) is 10.1. The van der Waals surface area contributed by atoms with E-state index in [1.165, 1.54) is 16.7 Å². The van der Waals surface area contributed by atoms with E-state index in [4.69, 9.17) is 0 Å². The highest BCUT2D eigenvalue weighted by Crippen LogP contribution is 2.24. The molecule has 0 unspecified atom stereocenters. The van der Waals surface area contributed by atoms with Crippen LogP contribution in [-0.2, 0) is 13.1 Å². The lowest BCUT2D eigenvalue weighted by atomic mass is 10.0. The molecule has 0 radical (unpaired) electrons. The molecule has 0 saturated heterocycles. The molecular weight excluding hydrogens is 360 g/mol. The quantitative estimate of drug-likeness (QED) is 0.566. The summed E-state index contributed by atoms with van der Waals surface area (Å²) in [6, 6.07) is 18.7. The highest BCUT2D eigenvalue weighted by molar-refractivity contribution is 5.91. The molecule has 3 rings (SSSR count). The van der Waals surface area contributed by atoms with Crippen LogP contribution >= 0.6 is 0 Å². The van der Waals surface area contributed by atoms with Gasteiger partial charge in [0.05, 0.1) is 5.56 Å². The van der Waals surface area contributed by atoms with Crippen LogP contribution in [0.15, 0.2) is 54.6 Å². The van der Waals surface area contributed by atoms with Crippen molar-refractivity contribution in [2.45, 2.75) is 46.7 Å². The number of aryl methyl sites for hydroxylation is 1. The summed E-state index contributed by atoms with van der Waals surface area (Å²) in [5.41, 5.74) is 6.80. The molecule has 3 aromatic rings. The fraction of sp³-hybridized carbons (Fsp3) is 0.320. The molecule has 1 atom stereocenters. The molecule has 4 nitrogen and oxygen atoms in total. The number of carbonyl (C=O) groups is 1.